The molecule has 0 aliphatic heterocycles. The molecule has 2 rings (SSSR count). The molecule has 0 radical (unpaired) electrons. The Morgan fingerprint density at radius 3 is 2.74 bits per heavy atom. The fourth-order valence-corrected chi connectivity index (χ4v) is 3.35. The number of sulfonamides is 1. The van der Waals surface area contributed by atoms with Crippen molar-refractivity contribution in [3.63, 3.8) is 0 Å². The molecule has 1 aliphatic carbocycles. The summed E-state index contributed by atoms with van der Waals surface area (Å²) in [5.74, 6) is -0.318. The lowest BCUT2D eigenvalue weighted by molar-refractivity contribution is -0.114. The van der Waals surface area contributed by atoms with E-state index in [0.29, 0.717) is 19.1 Å². The van der Waals surface area contributed by atoms with Gasteiger partial charge in [0.25, 0.3) is 10.0 Å². The van der Waals surface area contributed by atoms with Gasteiger partial charge in [0.1, 0.15) is 0 Å². The zero-order valence-corrected chi connectivity index (χ0v) is 12.0. The van der Waals surface area contributed by atoms with Crippen LogP contribution < -0.4 is 15.4 Å². The molecule has 3 N–H and O–H groups in total. The van der Waals surface area contributed by atoms with Crippen molar-refractivity contribution in [2.45, 2.75) is 30.1 Å². The molecular formula is C9H15N5O3S2. The second-order valence-corrected chi connectivity index (χ2v) is 7.10. The number of hydrogen-bond donors (Lipinski definition) is 3. The molecule has 19 heavy (non-hydrogen) atoms. The molecule has 0 saturated heterocycles. The number of carbonyl (C=O) groups is 1. The minimum atomic E-state index is -3.65. The summed E-state index contributed by atoms with van der Waals surface area (Å²) in [4.78, 5) is 10.8. The van der Waals surface area contributed by atoms with E-state index in [1.54, 1.807) is 0 Å². The normalized spacial score (nSPS) is 15.4. The van der Waals surface area contributed by atoms with Crippen LogP contribution in [0.3, 0.4) is 0 Å². The minimum Gasteiger partial charge on any atom is -0.313 e. The summed E-state index contributed by atoms with van der Waals surface area (Å²) in [5, 5.41) is 12.9. The SMILES string of the molecule is CC(=O)Nc1nnc(S(=O)(=O)NCCNC2CC2)s1. The fraction of sp³-hybridized carbons (Fsp3) is 0.667. The van der Waals surface area contributed by atoms with Crippen LogP contribution >= 0.6 is 11.3 Å². The van der Waals surface area contributed by atoms with E-state index in [9.17, 15) is 13.2 Å². The molecular weight excluding hydrogens is 290 g/mol. The molecule has 1 saturated carbocycles. The van der Waals surface area contributed by atoms with Crippen molar-refractivity contribution in [3.05, 3.63) is 0 Å². The Labute approximate surface area is 115 Å². The molecule has 1 amide bonds. The summed E-state index contributed by atoms with van der Waals surface area (Å²) in [6.45, 7) is 2.20. The molecule has 1 aromatic heterocycles. The lowest BCUT2D eigenvalue weighted by Crippen LogP contribution is -2.32. The number of nitrogens with zero attached hydrogens (tertiary/aromatic N) is 2. The van der Waals surface area contributed by atoms with E-state index in [1.807, 2.05) is 0 Å². The third-order valence-corrected chi connectivity index (χ3v) is 5.01. The third-order valence-electron chi connectivity index (χ3n) is 2.35. The van der Waals surface area contributed by atoms with Crippen LogP contribution in [0.4, 0.5) is 5.13 Å². The number of carbonyl (C=O) groups excluding carboxylic acids is 1. The van der Waals surface area contributed by atoms with Crippen molar-refractivity contribution in [1.29, 1.82) is 0 Å². The first kappa shape index (κ1) is 14.3. The highest BCUT2D eigenvalue weighted by molar-refractivity contribution is 7.91. The molecule has 1 fully saturated rings. The molecule has 10 heteroatoms. The largest absolute Gasteiger partial charge is 0.313 e. The lowest BCUT2D eigenvalue weighted by Gasteiger charge is -2.04. The number of anilines is 1. The highest BCUT2D eigenvalue weighted by Crippen LogP contribution is 2.19. The average molecular weight is 305 g/mol. The maximum absolute atomic E-state index is 11.8. The van der Waals surface area contributed by atoms with E-state index in [4.69, 9.17) is 0 Å². The van der Waals surface area contributed by atoms with E-state index in [-0.39, 0.29) is 15.4 Å². The van der Waals surface area contributed by atoms with Gasteiger partial charge >= 0.3 is 0 Å². The predicted octanol–water partition coefficient (Wildman–Crippen LogP) is -0.473. The topological polar surface area (TPSA) is 113 Å². The molecule has 0 bridgehead atoms. The Balaban J connectivity index is 1.86. The maximum Gasteiger partial charge on any atom is 0.269 e. The average Bonchev–Trinajstić information content (AvgIpc) is 3.02. The summed E-state index contributed by atoms with van der Waals surface area (Å²) in [6.07, 6.45) is 2.31. The van der Waals surface area contributed by atoms with Gasteiger partial charge in [-0.25, -0.2) is 13.1 Å². The summed E-state index contributed by atoms with van der Waals surface area (Å²) in [7, 11) is -3.65. The molecule has 0 atom stereocenters. The van der Waals surface area contributed by atoms with Gasteiger partial charge in [0.15, 0.2) is 0 Å². The van der Waals surface area contributed by atoms with E-state index >= 15 is 0 Å². The Kier molecular flexibility index (Phi) is 4.45. The van der Waals surface area contributed by atoms with Crippen LogP contribution in [0.15, 0.2) is 4.34 Å². The molecule has 0 aromatic carbocycles. The predicted molar refractivity (Wildman–Crippen MR) is 70.4 cm³/mol. The summed E-state index contributed by atoms with van der Waals surface area (Å²) in [6, 6.07) is 0.539. The molecule has 106 valence electrons. The Hall–Kier alpha value is -1.10. The van der Waals surface area contributed by atoms with Gasteiger partial charge in [-0.1, -0.05) is 11.3 Å². The van der Waals surface area contributed by atoms with E-state index in [0.717, 1.165) is 24.2 Å². The van der Waals surface area contributed by atoms with Crippen LogP contribution in [0.5, 0.6) is 0 Å². The number of hydrogen-bond acceptors (Lipinski definition) is 7. The van der Waals surface area contributed by atoms with Gasteiger partial charge in [0.05, 0.1) is 0 Å². The van der Waals surface area contributed by atoms with Crippen LogP contribution in [0.2, 0.25) is 0 Å². The molecule has 1 aliphatic rings. The van der Waals surface area contributed by atoms with Gasteiger partial charge in [-0.05, 0) is 12.8 Å². The molecule has 8 nitrogen and oxygen atoms in total. The van der Waals surface area contributed by atoms with Crippen molar-refractivity contribution in [1.82, 2.24) is 20.2 Å². The number of amides is 1. The van der Waals surface area contributed by atoms with Crippen molar-refractivity contribution in [3.8, 4) is 0 Å². The molecule has 0 unspecified atom stereocenters. The van der Waals surface area contributed by atoms with Crippen LogP contribution in [0.1, 0.15) is 19.8 Å². The zero-order valence-electron chi connectivity index (χ0n) is 10.3. The zero-order chi connectivity index (χ0) is 13.9. The molecule has 1 heterocycles. The fourth-order valence-electron chi connectivity index (χ4n) is 1.33. The first-order valence-corrected chi connectivity index (χ1v) is 8.11. The first-order chi connectivity index (χ1) is 8.97. The minimum absolute atomic E-state index is 0.150. The van der Waals surface area contributed by atoms with E-state index in [1.165, 1.54) is 6.92 Å². The van der Waals surface area contributed by atoms with E-state index < -0.39 is 10.0 Å². The van der Waals surface area contributed by atoms with Crippen LogP contribution in [0.25, 0.3) is 0 Å². The van der Waals surface area contributed by atoms with Crippen molar-refractivity contribution in [2.24, 2.45) is 0 Å². The highest BCUT2D eigenvalue weighted by Gasteiger charge is 2.22. The van der Waals surface area contributed by atoms with Gasteiger partial charge in [-0.3, -0.25) is 4.79 Å². The van der Waals surface area contributed by atoms with E-state index in [2.05, 4.69) is 25.6 Å². The summed E-state index contributed by atoms with van der Waals surface area (Å²) in [5.41, 5.74) is 0. The Bertz CT molecular complexity index is 552. The highest BCUT2D eigenvalue weighted by atomic mass is 32.2. The van der Waals surface area contributed by atoms with Crippen LogP contribution in [0, 0.1) is 0 Å². The number of aromatic nitrogens is 2. The van der Waals surface area contributed by atoms with Crippen molar-refractivity contribution in [2.75, 3.05) is 18.4 Å². The Morgan fingerprint density at radius 1 is 1.37 bits per heavy atom. The van der Waals surface area contributed by atoms with Gasteiger partial charge in [-0.15, -0.1) is 10.2 Å². The van der Waals surface area contributed by atoms with Gasteiger partial charge in [0.2, 0.25) is 15.4 Å². The maximum atomic E-state index is 11.8. The summed E-state index contributed by atoms with van der Waals surface area (Å²) >= 11 is 0.820. The summed E-state index contributed by atoms with van der Waals surface area (Å²) < 4.78 is 26.0. The lowest BCUT2D eigenvalue weighted by atomic mass is 10.6. The standard InChI is InChI=1S/C9H15N5O3S2/c1-6(15)12-8-13-14-9(18-8)19(16,17)11-5-4-10-7-2-3-7/h7,10-11H,2-5H2,1H3,(H,12,13,15). The third kappa shape index (κ3) is 4.49. The smallest absolute Gasteiger partial charge is 0.269 e. The van der Waals surface area contributed by atoms with Gasteiger partial charge in [-0.2, -0.15) is 0 Å². The molecule has 0 spiro atoms. The van der Waals surface area contributed by atoms with Crippen LogP contribution in [-0.2, 0) is 14.8 Å². The van der Waals surface area contributed by atoms with Gasteiger partial charge in [0, 0.05) is 26.1 Å². The van der Waals surface area contributed by atoms with Gasteiger partial charge < -0.3 is 10.6 Å². The second kappa shape index (κ2) is 5.90. The quantitative estimate of drug-likeness (QED) is 0.463. The second-order valence-electron chi connectivity index (χ2n) is 4.18. The van der Waals surface area contributed by atoms with Crippen LogP contribution in [-0.4, -0.2) is 43.7 Å². The monoisotopic (exact) mass is 305 g/mol. The first-order valence-electron chi connectivity index (χ1n) is 5.81. The number of nitrogens with one attached hydrogen (secondary N) is 3. The molecule has 1 aromatic rings. The van der Waals surface area contributed by atoms with Crippen molar-refractivity contribution < 1.29 is 13.2 Å². The number of rotatable bonds is 7. The van der Waals surface area contributed by atoms with Crippen molar-refractivity contribution >= 4 is 32.4 Å². The Morgan fingerprint density at radius 2 is 2.11 bits per heavy atom.